The lowest BCUT2D eigenvalue weighted by Gasteiger charge is -2.58. The van der Waals surface area contributed by atoms with E-state index in [9.17, 15) is 14.4 Å². The van der Waals surface area contributed by atoms with Gasteiger partial charge in [-0.15, -0.1) is 12.4 Å². The van der Waals surface area contributed by atoms with Crippen LogP contribution < -0.4 is 22.5 Å². The molecule has 3 amide bonds. The Kier molecular flexibility index (Phi) is 8.36. The van der Waals surface area contributed by atoms with Crippen LogP contribution >= 0.6 is 12.4 Å². The van der Waals surface area contributed by atoms with Crippen LogP contribution in [0.4, 0.5) is 10.6 Å². The largest absolute Gasteiger partial charge is 0.354 e. The fourth-order valence-corrected chi connectivity index (χ4v) is 5.86. The normalized spacial score (nSPS) is 19.2. The number of benzene rings is 1. The smallest absolute Gasteiger partial charge is 0.338 e. The van der Waals surface area contributed by atoms with Crippen LogP contribution in [0.2, 0.25) is 0 Å². The number of hydrogen-bond donors (Lipinski definition) is 3. The highest BCUT2D eigenvalue weighted by molar-refractivity contribution is 5.89. The summed E-state index contributed by atoms with van der Waals surface area (Å²) in [5.74, 6) is 0.0497. The second-order valence-electron chi connectivity index (χ2n) is 11.7. The molecule has 0 bridgehead atoms. The van der Waals surface area contributed by atoms with E-state index in [0.717, 1.165) is 44.6 Å². The second-order valence-corrected chi connectivity index (χ2v) is 11.7. The molecule has 11 nitrogen and oxygen atoms in total. The number of aromatic nitrogens is 2. The molecule has 3 aliphatic rings. The van der Waals surface area contributed by atoms with Crippen molar-refractivity contribution in [3.8, 4) is 5.69 Å². The topological polar surface area (TPSA) is 143 Å². The summed E-state index contributed by atoms with van der Waals surface area (Å²) in [6, 6.07) is 9.58. The van der Waals surface area contributed by atoms with E-state index in [2.05, 4.69) is 15.2 Å². The van der Waals surface area contributed by atoms with Crippen molar-refractivity contribution in [3.05, 3.63) is 52.6 Å². The molecule has 12 heteroatoms. The Morgan fingerprint density at radius 1 is 1.05 bits per heavy atom. The number of carbonyl (C=O) groups is 2. The predicted molar refractivity (Wildman–Crippen MR) is 152 cm³/mol. The minimum atomic E-state index is -0.943. The van der Waals surface area contributed by atoms with Crippen LogP contribution in [0.5, 0.6) is 0 Å². The van der Waals surface area contributed by atoms with Crippen LogP contribution in [-0.4, -0.2) is 93.6 Å². The lowest BCUT2D eigenvalue weighted by atomic mass is 9.61. The summed E-state index contributed by atoms with van der Waals surface area (Å²) >= 11 is 0. The van der Waals surface area contributed by atoms with Crippen molar-refractivity contribution < 1.29 is 9.59 Å². The van der Waals surface area contributed by atoms with E-state index < -0.39 is 11.2 Å². The van der Waals surface area contributed by atoms with Gasteiger partial charge in [-0.1, -0.05) is 12.1 Å². The van der Waals surface area contributed by atoms with Crippen LogP contribution in [-0.2, 0) is 11.2 Å². The Hall–Kier alpha value is -2.99. The summed E-state index contributed by atoms with van der Waals surface area (Å²) in [4.78, 5) is 47.5. The van der Waals surface area contributed by atoms with Gasteiger partial charge in [0.25, 0.3) is 0 Å². The van der Waals surface area contributed by atoms with Crippen molar-refractivity contribution in [1.82, 2.24) is 24.3 Å². The number of likely N-dealkylation sites (tertiary alicyclic amines) is 1. The van der Waals surface area contributed by atoms with Crippen molar-refractivity contribution in [3.63, 3.8) is 0 Å². The summed E-state index contributed by atoms with van der Waals surface area (Å²) in [5, 5.41) is 2.69. The highest BCUT2D eigenvalue weighted by Gasteiger charge is 2.50. The minimum absolute atomic E-state index is 0. The number of nitrogens with zero attached hydrogens (tertiary/aromatic N) is 5. The molecule has 2 saturated heterocycles. The molecule has 0 radical (unpaired) electrons. The van der Waals surface area contributed by atoms with Gasteiger partial charge in [-0.2, -0.15) is 4.98 Å². The van der Waals surface area contributed by atoms with Gasteiger partial charge in [0.05, 0.1) is 11.2 Å². The summed E-state index contributed by atoms with van der Waals surface area (Å²) in [6.07, 6.45) is 4.91. The third-order valence-electron chi connectivity index (χ3n) is 7.88. The van der Waals surface area contributed by atoms with E-state index in [4.69, 9.17) is 11.5 Å². The molecule has 1 aromatic heterocycles. The number of hydrogen-bond acceptors (Lipinski definition) is 7. The average Bonchev–Trinajstić information content (AvgIpc) is 2.84. The molecule has 3 heterocycles. The quantitative estimate of drug-likeness (QED) is 0.480. The zero-order valence-electron chi connectivity index (χ0n) is 22.6. The number of nitrogens with one attached hydrogen (secondary N) is 1. The van der Waals surface area contributed by atoms with Crippen molar-refractivity contribution in [2.24, 2.45) is 16.9 Å². The molecule has 1 aliphatic carbocycles. The molecule has 1 aromatic carbocycles. The molecule has 2 aliphatic heterocycles. The zero-order chi connectivity index (χ0) is 27.1. The van der Waals surface area contributed by atoms with Gasteiger partial charge < -0.3 is 26.2 Å². The molecule has 3 fully saturated rings. The minimum Gasteiger partial charge on any atom is -0.338 e. The number of piperazine rings is 1. The molecule has 212 valence electrons. The highest BCUT2D eigenvalue weighted by Crippen LogP contribution is 2.47. The van der Waals surface area contributed by atoms with Gasteiger partial charge in [-0.05, 0) is 62.3 Å². The number of halogens is 1. The first kappa shape index (κ1) is 29.0. The fourth-order valence-electron chi connectivity index (χ4n) is 5.86. The van der Waals surface area contributed by atoms with E-state index in [1.54, 1.807) is 35.9 Å². The van der Waals surface area contributed by atoms with E-state index in [-0.39, 0.29) is 30.2 Å². The van der Waals surface area contributed by atoms with Crippen LogP contribution in [0, 0.1) is 5.41 Å². The number of rotatable bonds is 6. The Balaban J connectivity index is 0.00000353. The number of anilines is 1. The average molecular weight is 559 g/mol. The predicted octanol–water partition coefficient (Wildman–Crippen LogP) is 1.03. The Morgan fingerprint density at radius 3 is 2.23 bits per heavy atom. The number of amides is 3. The Labute approximate surface area is 234 Å². The number of nitrogens with two attached hydrogens (primary N) is 2. The maximum atomic E-state index is 12.7. The summed E-state index contributed by atoms with van der Waals surface area (Å²) in [7, 11) is 0. The standard InChI is InChI=1S/C27H38N8O3.ClH/c1-26(2,29)23(36)33-11-13-34(14-12-33)24(37)30-22-8-10-35(25(38)31-22)21-5-3-19(4-6-21)7-9-32-17-27(18-32)15-20(28)16-27;/h3-6,8,10,20H,7,9,11-18,28-29H2,1-2H3,(H,30,31,37,38);1H. The number of carbonyl (C=O) groups excluding carboxylic acids is 2. The highest BCUT2D eigenvalue weighted by atomic mass is 35.5. The monoisotopic (exact) mass is 558 g/mol. The Morgan fingerprint density at radius 2 is 1.67 bits per heavy atom. The van der Waals surface area contributed by atoms with Crippen LogP contribution in [0.3, 0.4) is 0 Å². The van der Waals surface area contributed by atoms with Gasteiger partial charge in [0.15, 0.2) is 0 Å². The lowest BCUT2D eigenvalue weighted by molar-refractivity contribution is -0.137. The van der Waals surface area contributed by atoms with Crippen LogP contribution in [0.15, 0.2) is 41.3 Å². The number of urea groups is 1. The fraction of sp³-hybridized carbons (Fsp3) is 0.556. The first-order valence-corrected chi connectivity index (χ1v) is 13.3. The van der Waals surface area contributed by atoms with E-state index >= 15 is 0 Å². The third-order valence-corrected chi connectivity index (χ3v) is 7.88. The van der Waals surface area contributed by atoms with Crippen molar-refractivity contribution in [2.45, 2.75) is 44.7 Å². The second kappa shape index (κ2) is 11.2. The molecule has 5 rings (SSSR count). The van der Waals surface area contributed by atoms with Gasteiger partial charge in [0.2, 0.25) is 5.91 Å². The molecule has 2 aromatic rings. The van der Waals surface area contributed by atoms with Crippen LogP contribution in [0.1, 0.15) is 32.3 Å². The molecule has 5 N–H and O–H groups in total. The van der Waals surface area contributed by atoms with Gasteiger partial charge in [0.1, 0.15) is 5.82 Å². The van der Waals surface area contributed by atoms with Gasteiger partial charge >= 0.3 is 11.7 Å². The third kappa shape index (κ3) is 6.43. The summed E-state index contributed by atoms with van der Waals surface area (Å²) in [5.41, 5.74) is 12.9. The summed E-state index contributed by atoms with van der Waals surface area (Å²) < 4.78 is 1.46. The first-order valence-electron chi connectivity index (χ1n) is 13.3. The lowest BCUT2D eigenvalue weighted by Crippen LogP contribution is -2.65. The zero-order valence-corrected chi connectivity index (χ0v) is 23.5. The molecule has 39 heavy (non-hydrogen) atoms. The molecule has 1 spiro atoms. The first-order chi connectivity index (χ1) is 18.0. The Bertz CT molecular complexity index is 1240. The van der Waals surface area contributed by atoms with Gasteiger partial charge in [0, 0.05) is 58.1 Å². The molecule has 0 atom stereocenters. The van der Waals surface area contributed by atoms with E-state index in [1.807, 2.05) is 24.3 Å². The maximum Gasteiger partial charge on any atom is 0.354 e. The van der Waals surface area contributed by atoms with Crippen molar-refractivity contribution >= 4 is 30.2 Å². The van der Waals surface area contributed by atoms with Gasteiger partial charge in [-0.25, -0.2) is 9.59 Å². The van der Waals surface area contributed by atoms with Crippen molar-refractivity contribution in [2.75, 3.05) is 51.1 Å². The molecular weight excluding hydrogens is 520 g/mol. The maximum absolute atomic E-state index is 12.7. The molecular formula is C27H39ClN8O3. The van der Waals surface area contributed by atoms with E-state index in [0.29, 0.717) is 37.6 Å². The molecule has 1 saturated carbocycles. The van der Waals surface area contributed by atoms with Crippen molar-refractivity contribution in [1.29, 1.82) is 0 Å². The van der Waals surface area contributed by atoms with Gasteiger partial charge in [-0.3, -0.25) is 14.7 Å². The van der Waals surface area contributed by atoms with Crippen LogP contribution in [0.25, 0.3) is 5.69 Å². The van der Waals surface area contributed by atoms with E-state index in [1.165, 1.54) is 10.1 Å². The summed E-state index contributed by atoms with van der Waals surface area (Å²) in [6.45, 7) is 8.26. The molecule has 0 unspecified atom stereocenters. The SMILES string of the molecule is CC(C)(N)C(=O)N1CCN(C(=O)Nc2ccn(-c3ccc(CCN4CC5(CC(N)C5)C4)cc3)c(=O)n2)CC1.Cl.